The molecule has 0 bridgehead atoms. The second kappa shape index (κ2) is 10.8. The molecular formula is C42H28N2O2. The van der Waals surface area contributed by atoms with Crippen LogP contribution in [0.2, 0.25) is 0 Å². The average Bonchev–Trinajstić information content (AvgIpc) is 3.35. The molecule has 2 aromatic heterocycles. The van der Waals surface area contributed by atoms with Gasteiger partial charge in [-0.3, -0.25) is 0 Å². The second-order valence-corrected chi connectivity index (χ2v) is 11.5. The summed E-state index contributed by atoms with van der Waals surface area (Å²) in [6, 6.07) is 55.0. The zero-order valence-electron chi connectivity index (χ0n) is 24.9. The lowest BCUT2D eigenvalue weighted by molar-refractivity contribution is 0.125. The van der Waals surface area contributed by atoms with Crippen LogP contribution in [0.25, 0.3) is 72.3 Å². The molecule has 0 fully saturated rings. The van der Waals surface area contributed by atoms with Crippen molar-refractivity contribution in [2.45, 2.75) is 0 Å². The van der Waals surface area contributed by atoms with E-state index < -0.39 is 0 Å². The number of benzene rings is 6. The Morgan fingerprint density at radius 1 is 0.435 bits per heavy atom. The van der Waals surface area contributed by atoms with Crippen molar-refractivity contribution in [2.75, 3.05) is 6.79 Å². The lowest BCUT2D eigenvalue weighted by Gasteiger charge is -2.14. The molecule has 46 heavy (non-hydrogen) atoms. The maximum Gasteiger partial charge on any atom is 0.230 e. The Kier molecular flexibility index (Phi) is 6.17. The van der Waals surface area contributed by atoms with Crippen LogP contribution in [0.1, 0.15) is 0 Å². The Morgan fingerprint density at radius 2 is 1.02 bits per heavy atom. The third-order valence-corrected chi connectivity index (χ3v) is 8.80. The van der Waals surface area contributed by atoms with Gasteiger partial charge in [0.1, 0.15) is 11.5 Å². The fourth-order valence-corrected chi connectivity index (χ4v) is 6.61. The summed E-state index contributed by atoms with van der Waals surface area (Å²) in [5, 5.41) is 2.47. The summed E-state index contributed by atoms with van der Waals surface area (Å²) in [5.41, 5.74) is 11.6. The highest BCUT2D eigenvalue weighted by molar-refractivity contribution is 6.09. The molecule has 0 saturated carbocycles. The molecule has 0 amide bonds. The van der Waals surface area contributed by atoms with Crippen LogP contribution in [-0.2, 0) is 0 Å². The smallest absolute Gasteiger partial charge is 0.230 e. The summed E-state index contributed by atoms with van der Waals surface area (Å²) < 4.78 is 14.7. The molecule has 3 heterocycles. The van der Waals surface area contributed by atoms with Gasteiger partial charge in [-0.05, 0) is 65.7 Å². The molecule has 0 saturated heterocycles. The summed E-state index contributed by atoms with van der Waals surface area (Å²) in [6.45, 7) is 0.138. The maximum atomic E-state index is 6.25. The van der Waals surface area contributed by atoms with Gasteiger partial charge in [-0.2, -0.15) is 0 Å². The molecule has 0 atom stereocenters. The highest BCUT2D eigenvalue weighted by Crippen LogP contribution is 2.43. The fraction of sp³-hybridized carbons (Fsp3) is 0.0238. The molecule has 4 nitrogen and oxygen atoms in total. The molecule has 1 aliphatic heterocycles. The minimum Gasteiger partial charge on any atom is -0.457 e. The van der Waals surface area contributed by atoms with Gasteiger partial charge < -0.3 is 14.0 Å². The molecule has 1 aliphatic rings. The molecule has 218 valence electrons. The van der Waals surface area contributed by atoms with Crippen molar-refractivity contribution in [3.8, 4) is 62.0 Å². The summed E-state index contributed by atoms with van der Waals surface area (Å²) in [6.07, 6.45) is 0. The first-order valence-corrected chi connectivity index (χ1v) is 15.5. The van der Waals surface area contributed by atoms with Gasteiger partial charge in [0.15, 0.2) is 0 Å². The summed E-state index contributed by atoms with van der Waals surface area (Å²) in [7, 11) is 0. The molecule has 9 rings (SSSR count). The first kappa shape index (κ1) is 26.3. The molecule has 0 unspecified atom stereocenters. The Hall–Kier alpha value is -6.13. The van der Waals surface area contributed by atoms with Crippen LogP contribution >= 0.6 is 0 Å². The van der Waals surface area contributed by atoms with Crippen molar-refractivity contribution in [2.24, 2.45) is 0 Å². The molecule has 6 aromatic carbocycles. The van der Waals surface area contributed by atoms with Crippen molar-refractivity contribution < 1.29 is 9.47 Å². The van der Waals surface area contributed by atoms with Crippen LogP contribution in [0.3, 0.4) is 0 Å². The summed E-state index contributed by atoms with van der Waals surface area (Å²) >= 11 is 0. The van der Waals surface area contributed by atoms with Crippen molar-refractivity contribution in [1.82, 2.24) is 9.55 Å². The predicted octanol–water partition coefficient (Wildman–Crippen LogP) is 10.6. The highest BCUT2D eigenvalue weighted by atomic mass is 16.7. The number of fused-ring (bicyclic) bond motifs is 6. The van der Waals surface area contributed by atoms with Gasteiger partial charge in [-0.25, -0.2) is 4.98 Å². The van der Waals surface area contributed by atoms with Crippen molar-refractivity contribution in [1.29, 1.82) is 0 Å². The number of ether oxygens (including phenoxy) is 2. The van der Waals surface area contributed by atoms with Crippen LogP contribution < -0.4 is 9.47 Å². The average molecular weight is 593 g/mol. The zero-order chi connectivity index (χ0) is 30.5. The van der Waals surface area contributed by atoms with E-state index in [2.05, 4.69) is 126 Å². The third-order valence-electron chi connectivity index (χ3n) is 8.80. The molecule has 0 N–H and O–H groups in total. The summed E-state index contributed by atoms with van der Waals surface area (Å²) in [5.74, 6) is 1.59. The normalized spacial score (nSPS) is 12.2. The molecule has 0 aliphatic carbocycles. The van der Waals surface area contributed by atoms with Crippen LogP contribution in [0.5, 0.6) is 11.5 Å². The van der Waals surface area contributed by atoms with Gasteiger partial charge in [0.2, 0.25) is 6.79 Å². The predicted molar refractivity (Wildman–Crippen MR) is 186 cm³/mol. The number of para-hydroxylation sites is 2. The van der Waals surface area contributed by atoms with E-state index in [-0.39, 0.29) is 6.79 Å². The van der Waals surface area contributed by atoms with Crippen LogP contribution in [0.15, 0.2) is 158 Å². The lowest BCUT2D eigenvalue weighted by Crippen LogP contribution is -2.03. The molecular weight excluding hydrogens is 564 g/mol. The van der Waals surface area contributed by atoms with Gasteiger partial charge in [0, 0.05) is 38.7 Å². The van der Waals surface area contributed by atoms with E-state index in [0.29, 0.717) is 0 Å². The van der Waals surface area contributed by atoms with E-state index >= 15 is 0 Å². The van der Waals surface area contributed by atoms with Gasteiger partial charge in [-0.15, -0.1) is 0 Å². The molecule has 0 spiro atoms. The van der Waals surface area contributed by atoms with Crippen LogP contribution in [0.4, 0.5) is 0 Å². The van der Waals surface area contributed by atoms with E-state index in [1.165, 1.54) is 21.8 Å². The van der Waals surface area contributed by atoms with Gasteiger partial charge in [0.05, 0.1) is 22.4 Å². The monoisotopic (exact) mass is 592 g/mol. The Morgan fingerprint density at radius 3 is 1.67 bits per heavy atom. The zero-order valence-corrected chi connectivity index (χ0v) is 24.9. The number of pyridine rings is 1. The first-order valence-electron chi connectivity index (χ1n) is 15.5. The highest BCUT2D eigenvalue weighted by Gasteiger charge is 2.20. The molecule has 4 heteroatoms. The van der Waals surface area contributed by atoms with E-state index in [4.69, 9.17) is 14.5 Å². The minimum atomic E-state index is 0.138. The minimum absolute atomic E-state index is 0.138. The Bertz CT molecular complexity index is 2280. The summed E-state index contributed by atoms with van der Waals surface area (Å²) in [4.78, 5) is 5.06. The number of aromatic nitrogens is 2. The fourth-order valence-electron chi connectivity index (χ4n) is 6.61. The van der Waals surface area contributed by atoms with Crippen molar-refractivity contribution in [3.05, 3.63) is 158 Å². The standard InChI is InChI=1S/C42H28N2O2/c1-3-11-28(12-4-1)37-23-31(24-38(43-37)29-13-5-2-6-14-29)30-19-21-35-36-26-32(20-22-41(36)45-27-46-42(35)25-30)44-39-17-9-7-15-33(39)34-16-8-10-18-40(34)44/h1-26H,27H2. The SMILES string of the molecule is c1ccc(-c2cc(-c3ccc4c(c3)OCOc3ccc(-n5c6ccccc6c6ccccc65)cc3-4)cc(-c3ccccc3)n2)cc1. The van der Waals surface area contributed by atoms with Crippen LogP contribution in [0, 0.1) is 0 Å². The number of rotatable bonds is 4. The largest absolute Gasteiger partial charge is 0.457 e. The maximum absolute atomic E-state index is 6.25. The van der Waals surface area contributed by atoms with Gasteiger partial charge >= 0.3 is 0 Å². The quantitative estimate of drug-likeness (QED) is 0.204. The van der Waals surface area contributed by atoms with Crippen LogP contribution in [-0.4, -0.2) is 16.3 Å². The van der Waals surface area contributed by atoms with E-state index in [0.717, 1.165) is 62.0 Å². The van der Waals surface area contributed by atoms with Gasteiger partial charge in [-0.1, -0.05) is 103 Å². The number of hydrogen-bond acceptors (Lipinski definition) is 3. The van der Waals surface area contributed by atoms with Crippen molar-refractivity contribution in [3.63, 3.8) is 0 Å². The second-order valence-electron chi connectivity index (χ2n) is 11.5. The molecule has 8 aromatic rings. The third kappa shape index (κ3) is 4.42. The van der Waals surface area contributed by atoms with E-state index in [9.17, 15) is 0 Å². The molecule has 0 radical (unpaired) electrons. The lowest BCUT2D eigenvalue weighted by atomic mass is 9.96. The Labute approximate surface area is 266 Å². The first-order chi connectivity index (χ1) is 22.8. The number of nitrogens with zero attached hydrogens (tertiary/aromatic N) is 2. The number of hydrogen-bond donors (Lipinski definition) is 0. The van der Waals surface area contributed by atoms with E-state index in [1.807, 2.05) is 36.4 Å². The van der Waals surface area contributed by atoms with Crippen molar-refractivity contribution >= 4 is 21.8 Å². The van der Waals surface area contributed by atoms with E-state index in [1.54, 1.807) is 0 Å². The van der Waals surface area contributed by atoms with Gasteiger partial charge in [0.25, 0.3) is 0 Å². The Balaban J connectivity index is 1.18. The topological polar surface area (TPSA) is 36.3 Å².